The molecule has 2 aromatic heterocycles. The van der Waals surface area contributed by atoms with Crippen molar-refractivity contribution in [2.75, 3.05) is 26.1 Å². The van der Waals surface area contributed by atoms with Crippen LogP contribution in [-0.2, 0) is 23.9 Å². The molecule has 300 valence electrons. The molecule has 2 aliphatic carbocycles. The number of carboxylic acids is 1. The van der Waals surface area contributed by atoms with Gasteiger partial charge in [-0.3, -0.25) is 14.9 Å². The summed E-state index contributed by atoms with van der Waals surface area (Å²) in [5.41, 5.74) is -1.07. The number of amides is 4. The van der Waals surface area contributed by atoms with Crippen LogP contribution in [0.5, 0.6) is 11.5 Å². The number of benzene rings is 1. The highest BCUT2D eigenvalue weighted by Gasteiger charge is 2.61. The van der Waals surface area contributed by atoms with Crippen molar-refractivity contribution in [3.05, 3.63) is 40.7 Å². The predicted octanol–water partition coefficient (Wildman–Crippen LogP) is 5.89. The van der Waals surface area contributed by atoms with Crippen molar-refractivity contribution in [1.29, 1.82) is 0 Å². The molecular weight excluding hydrogens is 812 g/mol. The van der Waals surface area contributed by atoms with E-state index < -0.39 is 65.0 Å². The highest BCUT2D eigenvalue weighted by atomic mass is 79.9. The van der Waals surface area contributed by atoms with Crippen LogP contribution in [0.3, 0.4) is 0 Å². The number of aromatic nitrogens is 2. The number of alkyl carbamates (subject to hydrolysis) is 1. The van der Waals surface area contributed by atoms with Gasteiger partial charge in [-0.2, -0.15) is 0 Å². The number of halogens is 1. The Hall–Kier alpha value is -4.97. The molecule has 0 spiro atoms. The molecule has 4 amide bonds. The number of likely N-dealkylation sites (tertiary alicyclic amines) is 1. The summed E-state index contributed by atoms with van der Waals surface area (Å²) in [6.45, 7) is 9.03. The lowest BCUT2D eigenvalue weighted by Gasteiger charge is -2.35. The van der Waals surface area contributed by atoms with Gasteiger partial charge in [-0.15, -0.1) is 17.9 Å². The molecule has 3 aliphatic rings. The molecule has 5 atom stereocenters. The van der Waals surface area contributed by atoms with Crippen molar-refractivity contribution in [3.8, 4) is 22.9 Å². The largest absolute Gasteiger partial charge is 0.495 e. The smallest absolute Gasteiger partial charge is 0.413 e. The van der Waals surface area contributed by atoms with Crippen molar-refractivity contribution < 1.29 is 48.0 Å². The van der Waals surface area contributed by atoms with Crippen LogP contribution in [-0.4, -0.2) is 101 Å². The van der Waals surface area contributed by atoms with Gasteiger partial charge in [0.15, 0.2) is 5.13 Å². The van der Waals surface area contributed by atoms with Crippen molar-refractivity contribution in [3.63, 3.8) is 0 Å². The Morgan fingerprint density at radius 3 is 2.43 bits per heavy atom. The lowest BCUT2D eigenvalue weighted by molar-refractivity contribution is -0.146. The average molecular weight is 858 g/mol. The third kappa shape index (κ3) is 8.40. The van der Waals surface area contributed by atoms with Gasteiger partial charge < -0.3 is 39.6 Å². The molecule has 1 unspecified atom stereocenters. The average Bonchev–Trinajstić information content (AvgIpc) is 3.57. The number of carbonyl (C=O) groups is 5. The summed E-state index contributed by atoms with van der Waals surface area (Å²) in [7, 11) is 2.77. The number of hydrogen-bond donors (Lipinski definition) is 4. The third-order valence-corrected chi connectivity index (χ3v) is 11.9. The molecule has 3 aromatic rings. The van der Waals surface area contributed by atoms with E-state index in [4.69, 9.17) is 19.2 Å². The van der Waals surface area contributed by atoms with E-state index in [1.54, 1.807) is 44.4 Å². The minimum absolute atomic E-state index is 0.00418. The van der Waals surface area contributed by atoms with Gasteiger partial charge in [0.2, 0.25) is 11.8 Å². The number of thiazole rings is 1. The van der Waals surface area contributed by atoms with Gasteiger partial charge in [-0.25, -0.2) is 24.4 Å². The van der Waals surface area contributed by atoms with Crippen LogP contribution in [0.4, 0.5) is 14.7 Å². The highest BCUT2D eigenvalue weighted by Crippen LogP contribution is 2.45. The molecule has 18 heteroatoms. The Balaban J connectivity index is 1.34. The van der Waals surface area contributed by atoms with Crippen molar-refractivity contribution in [1.82, 2.24) is 25.5 Å². The summed E-state index contributed by atoms with van der Waals surface area (Å²) in [6, 6.07) is 2.93. The van der Waals surface area contributed by atoms with E-state index in [0.717, 1.165) is 25.7 Å². The Labute approximate surface area is 335 Å². The number of carbonyl (C=O) groups excluding carboxylic acids is 4. The van der Waals surface area contributed by atoms with Crippen LogP contribution in [0, 0.1) is 11.3 Å². The second-order valence-electron chi connectivity index (χ2n) is 15.2. The zero-order chi connectivity index (χ0) is 40.5. The summed E-state index contributed by atoms with van der Waals surface area (Å²) in [5.74, 6) is -2.05. The first-order chi connectivity index (χ1) is 26.6. The zero-order valence-electron chi connectivity index (χ0n) is 31.7. The highest BCUT2D eigenvalue weighted by molar-refractivity contribution is 9.10. The first-order valence-electron chi connectivity index (χ1n) is 18.2. The van der Waals surface area contributed by atoms with Gasteiger partial charge in [0.1, 0.15) is 47.0 Å². The Morgan fingerprint density at radius 1 is 1.07 bits per heavy atom. The molecule has 6 rings (SSSR count). The van der Waals surface area contributed by atoms with E-state index >= 15 is 0 Å². The number of rotatable bonds is 12. The Bertz CT molecular complexity index is 2050. The molecule has 1 aliphatic heterocycles. The molecule has 1 saturated heterocycles. The number of hydrogen-bond acceptors (Lipinski definition) is 12. The molecule has 2 saturated carbocycles. The van der Waals surface area contributed by atoms with Gasteiger partial charge in [0, 0.05) is 29.2 Å². The number of carboxylic acid groups (broad SMARTS) is 1. The van der Waals surface area contributed by atoms with Crippen LogP contribution >= 0.6 is 27.3 Å². The van der Waals surface area contributed by atoms with E-state index in [0.29, 0.717) is 38.3 Å². The third-order valence-electron chi connectivity index (χ3n) is 10.3. The Morgan fingerprint density at radius 2 is 1.80 bits per heavy atom. The maximum absolute atomic E-state index is 14.6. The first kappa shape index (κ1) is 40.7. The lowest BCUT2D eigenvalue weighted by atomic mass is 9.85. The molecule has 3 heterocycles. The van der Waals surface area contributed by atoms with Gasteiger partial charge in [-0.05, 0) is 65.6 Å². The van der Waals surface area contributed by atoms with Crippen molar-refractivity contribution >= 4 is 73.3 Å². The minimum atomic E-state index is -1.55. The summed E-state index contributed by atoms with van der Waals surface area (Å²) >= 11 is 4.76. The molecule has 0 bridgehead atoms. The van der Waals surface area contributed by atoms with Crippen LogP contribution in [0.25, 0.3) is 22.3 Å². The molecule has 0 radical (unpaired) electrons. The summed E-state index contributed by atoms with van der Waals surface area (Å²) in [6.07, 6.45) is 2.62. The zero-order valence-corrected chi connectivity index (χ0v) is 34.1. The molecule has 4 N–H and O–H groups in total. The fourth-order valence-electron chi connectivity index (χ4n) is 7.18. The number of fused-ring (bicyclic) bond motifs is 1. The number of ether oxygens (including phenoxy) is 4. The van der Waals surface area contributed by atoms with Crippen LogP contribution in [0.1, 0.15) is 59.3 Å². The normalized spacial score (nSPS) is 22.5. The van der Waals surface area contributed by atoms with E-state index in [-0.39, 0.29) is 30.6 Å². The van der Waals surface area contributed by atoms with Crippen molar-refractivity contribution in [2.45, 2.75) is 89.1 Å². The van der Waals surface area contributed by atoms with Gasteiger partial charge in [0.05, 0.1) is 36.4 Å². The standard InChI is InChI=1S/C38H45BrN6O10S/c1-7-19-16-38(19,33(48)49)44-31(46)25-14-21(17-45(25)32(47)30(37(2,3)4)42-36(51)55-20-10-8-9-11-20)54-27-15-23(24-18-56-34(41-24)43-35(50)53-6)40-29-22(27)12-13-26(52-5)28(29)39/h7,12-13,15,18-21,25,30H,1,8-11,14,16-17H2,2-6H3,(H,42,51)(H,44,46)(H,48,49)(H,41,43,50)/t19-,21-,25-,30?,38-/m1/s1. The van der Waals surface area contributed by atoms with Gasteiger partial charge in [-0.1, -0.05) is 26.8 Å². The number of nitrogens with one attached hydrogen (secondary N) is 3. The van der Waals surface area contributed by atoms with Crippen molar-refractivity contribution in [2.24, 2.45) is 11.3 Å². The number of aliphatic carboxylic acids is 1. The molecular formula is C38H45BrN6O10S. The summed E-state index contributed by atoms with van der Waals surface area (Å²) < 4.78 is 23.1. The topological polar surface area (TPSA) is 208 Å². The number of nitrogens with zero attached hydrogens (tertiary/aromatic N) is 3. The lowest BCUT2D eigenvalue weighted by Crippen LogP contribution is -2.59. The Kier molecular flexibility index (Phi) is 11.8. The summed E-state index contributed by atoms with van der Waals surface area (Å²) in [5, 5.41) is 20.7. The van der Waals surface area contributed by atoms with E-state index in [1.165, 1.54) is 36.5 Å². The number of methoxy groups -OCH3 is 2. The molecule has 1 aromatic carbocycles. The van der Waals surface area contributed by atoms with E-state index in [1.807, 2.05) is 0 Å². The quantitative estimate of drug-likeness (QED) is 0.158. The number of anilines is 1. The second-order valence-corrected chi connectivity index (χ2v) is 16.8. The van der Waals surface area contributed by atoms with Gasteiger partial charge >= 0.3 is 18.2 Å². The monoisotopic (exact) mass is 856 g/mol. The predicted molar refractivity (Wildman–Crippen MR) is 210 cm³/mol. The summed E-state index contributed by atoms with van der Waals surface area (Å²) in [4.78, 5) is 76.7. The fourth-order valence-corrected chi connectivity index (χ4v) is 8.47. The molecule has 16 nitrogen and oxygen atoms in total. The maximum atomic E-state index is 14.6. The van der Waals surface area contributed by atoms with Crippen LogP contribution < -0.4 is 25.4 Å². The molecule has 56 heavy (non-hydrogen) atoms. The molecule has 3 fully saturated rings. The second kappa shape index (κ2) is 16.3. The number of pyridine rings is 1. The maximum Gasteiger partial charge on any atom is 0.413 e. The minimum Gasteiger partial charge on any atom is -0.495 e. The SMILES string of the molecule is C=C[C@@H]1C[C@]1(NC(=O)[C@H]1C[C@@H](Oc2cc(-c3csc(NC(=O)OC)n3)nc3c(Br)c(OC)ccc23)CN1C(=O)C(NC(=O)OC1CCCC1)C(C)(C)C)C(=O)O. The fraction of sp³-hybridized carbons (Fsp3) is 0.500. The van der Waals surface area contributed by atoms with Gasteiger partial charge in [0.25, 0.3) is 0 Å². The van der Waals surface area contributed by atoms with E-state index in [2.05, 4.69) is 48.2 Å². The van der Waals surface area contributed by atoms with Crippen LogP contribution in [0.2, 0.25) is 0 Å². The van der Waals surface area contributed by atoms with Crippen LogP contribution in [0.15, 0.2) is 40.7 Å². The van der Waals surface area contributed by atoms with E-state index in [9.17, 15) is 29.1 Å². The first-order valence-corrected chi connectivity index (χ1v) is 19.9.